The molecular formula is C19H16N4OS2. The number of anilines is 1. The molecule has 130 valence electrons. The normalized spacial score (nSPS) is 11.1. The molecule has 0 unspecified atom stereocenters. The van der Waals surface area contributed by atoms with E-state index in [4.69, 9.17) is 5.73 Å². The van der Waals surface area contributed by atoms with Gasteiger partial charge in [-0.25, -0.2) is 0 Å². The molecule has 2 aromatic heterocycles. The number of carbonyl (C=O) groups excluding carboxylic acids is 1. The van der Waals surface area contributed by atoms with E-state index in [-0.39, 0.29) is 5.78 Å². The maximum atomic E-state index is 13.1. The molecule has 4 aromatic rings. The summed E-state index contributed by atoms with van der Waals surface area (Å²) in [7, 11) is 2.00. The van der Waals surface area contributed by atoms with Crippen molar-refractivity contribution in [1.29, 1.82) is 0 Å². The molecule has 0 saturated heterocycles. The number of rotatable bonds is 5. The van der Waals surface area contributed by atoms with Crippen LogP contribution in [0.15, 0.2) is 58.9 Å². The lowest BCUT2D eigenvalue weighted by Gasteiger charge is -2.07. The van der Waals surface area contributed by atoms with Crippen molar-refractivity contribution < 1.29 is 4.79 Å². The minimum absolute atomic E-state index is 0.0689. The van der Waals surface area contributed by atoms with E-state index in [9.17, 15) is 4.79 Å². The number of aryl methyl sites for hydroxylation is 1. The molecule has 5 nitrogen and oxygen atoms in total. The van der Waals surface area contributed by atoms with Crippen molar-refractivity contribution in [3.8, 4) is 11.3 Å². The lowest BCUT2D eigenvalue weighted by Crippen LogP contribution is -2.05. The third-order valence-electron chi connectivity index (χ3n) is 4.18. The summed E-state index contributed by atoms with van der Waals surface area (Å²) in [5, 5.41) is 9.16. The Balaban J connectivity index is 1.78. The molecule has 0 aliphatic carbocycles. The van der Waals surface area contributed by atoms with E-state index in [1.54, 1.807) is 0 Å². The summed E-state index contributed by atoms with van der Waals surface area (Å²) >= 11 is 2.67. The Morgan fingerprint density at radius 2 is 1.85 bits per heavy atom. The highest BCUT2D eigenvalue weighted by Gasteiger charge is 2.22. The molecule has 0 amide bonds. The quantitative estimate of drug-likeness (QED) is 0.414. The molecule has 0 fully saturated rings. The number of para-hydroxylation sites is 1. The Labute approximate surface area is 158 Å². The number of nitrogens with two attached hydrogens (primary N) is 1. The highest BCUT2D eigenvalue weighted by molar-refractivity contribution is 8.01. The van der Waals surface area contributed by atoms with E-state index in [0.717, 1.165) is 27.7 Å². The SMILES string of the molecule is Cn1c(-c2ccccc2)c(C(=O)CSc2nnc(N)s2)c2ccccc21. The smallest absolute Gasteiger partial charge is 0.203 e. The fraction of sp³-hybridized carbons (Fsp3) is 0.105. The number of carbonyl (C=O) groups is 1. The van der Waals surface area contributed by atoms with E-state index in [0.29, 0.717) is 15.2 Å². The van der Waals surface area contributed by atoms with Crippen molar-refractivity contribution >= 4 is 44.9 Å². The minimum Gasteiger partial charge on any atom is -0.374 e. The first-order valence-corrected chi connectivity index (χ1v) is 9.83. The maximum Gasteiger partial charge on any atom is 0.203 e. The number of thioether (sulfide) groups is 1. The standard InChI is InChI=1S/C19H16N4OS2/c1-23-14-10-6-5-9-13(14)16(17(23)12-7-3-2-4-8-12)15(24)11-25-19-22-21-18(20)26-19/h2-10H,11H2,1H3,(H2,20,21). The number of hydrogen-bond donors (Lipinski definition) is 1. The fourth-order valence-corrected chi connectivity index (χ4v) is 4.60. The Morgan fingerprint density at radius 3 is 2.58 bits per heavy atom. The van der Waals surface area contributed by atoms with Crippen molar-refractivity contribution in [2.75, 3.05) is 11.5 Å². The molecule has 0 aliphatic heterocycles. The fourth-order valence-electron chi connectivity index (χ4n) is 3.09. The van der Waals surface area contributed by atoms with Gasteiger partial charge in [0.1, 0.15) is 0 Å². The minimum atomic E-state index is 0.0689. The van der Waals surface area contributed by atoms with Crippen LogP contribution >= 0.6 is 23.1 Å². The summed E-state index contributed by atoms with van der Waals surface area (Å²) in [5.74, 6) is 0.363. The first-order valence-electron chi connectivity index (χ1n) is 8.03. The second-order valence-corrected chi connectivity index (χ2v) is 8.02. The van der Waals surface area contributed by atoms with Gasteiger partial charge >= 0.3 is 0 Å². The van der Waals surface area contributed by atoms with Gasteiger partial charge in [-0.2, -0.15) is 0 Å². The van der Waals surface area contributed by atoms with Crippen molar-refractivity contribution in [2.45, 2.75) is 4.34 Å². The average Bonchev–Trinajstić information content (AvgIpc) is 3.22. The summed E-state index contributed by atoms with van der Waals surface area (Å²) in [6.07, 6.45) is 0. The molecule has 0 radical (unpaired) electrons. The topological polar surface area (TPSA) is 73.8 Å². The Bertz CT molecular complexity index is 1090. The summed E-state index contributed by atoms with van der Waals surface area (Å²) in [6.45, 7) is 0. The van der Waals surface area contributed by atoms with Crippen LogP contribution in [0.25, 0.3) is 22.2 Å². The van der Waals surface area contributed by atoms with Crippen molar-refractivity contribution in [3.63, 3.8) is 0 Å². The van der Waals surface area contributed by atoms with E-state index >= 15 is 0 Å². The molecule has 0 spiro atoms. The van der Waals surface area contributed by atoms with Gasteiger partial charge in [-0.05, 0) is 11.6 Å². The summed E-state index contributed by atoms with van der Waals surface area (Å²) in [6, 6.07) is 18.0. The zero-order chi connectivity index (χ0) is 18.1. The van der Waals surface area contributed by atoms with Crippen LogP contribution in [0, 0.1) is 0 Å². The lowest BCUT2D eigenvalue weighted by molar-refractivity contribution is 0.102. The van der Waals surface area contributed by atoms with Gasteiger partial charge in [0.25, 0.3) is 0 Å². The average molecular weight is 380 g/mol. The van der Waals surface area contributed by atoms with Crippen LogP contribution in [-0.4, -0.2) is 26.3 Å². The number of ketones is 1. The van der Waals surface area contributed by atoms with Crippen LogP contribution in [0.5, 0.6) is 0 Å². The Hall–Kier alpha value is -2.64. The van der Waals surface area contributed by atoms with Crippen LogP contribution in [0.1, 0.15) is 10.4 Å². The predicted octanol–water partition coefficient (Wildman–Crippen LogP) is 4.25. The van der Waals surface area contributed by atoms with Gasteiger partial charge in [0.2, 0.25) is 5.13 Å². The number of Topliss-reactive ketones (excluding diaryl/α,β-unsaturated/α-hetero) is 1. The molecule has 4 rings (SSSR count). The van der Waals surface area contributed by atoms with Gasteiger partial charge in [0.15, 0.2) is 10.1 Å². The second-order valence-electron chi connectivity index (χ2n) is 5.78. The first kappa shape index (κ1) is 16.8. The lowest BCUT2D eigenvalue weighted by atomic mass is 10.0. The van der Waals surface area contributed by atoms with Gasteiger partial charge in [0.05, 0.1) is 17.0 Å². The van der Waals surface area contributed by atoms with Gasteiger partial charge in [-0.3, -0.25) is 4.79 Å². The van der Waals surface area contributed by atoms with E-state index < -0.39 is 0 Å². The van der Waals surface area contributed by atoms with Crippen LogP contribution < -0.4 is 5.73 Å². The van der Waals surface area contributed by atoms with E-state index in [1.807, 2.05) is 61.6 Å². The van der Waals surface area contributed by atoms with Crippen LogP contribution in [0.4, 0.5) is 5.13 Å². The van der Waals surface area contributed by atoms with Crippen molar-refractivity contribution in [3.05, 3.63) is 60.2 Å². The summed E-state index contributed by atoms with van der Waals surface area (Å²) in [5.41, 5.74) is 9.37. The van der Waals surface area contributed by atoms with Gasteiger partial charge in [-0.15, -0.1) is 10.2 Å². The molecule has 2 aromatic carbocycles. The summed E-state index contributed by atoms with van der Waals surface area (Å²) in [4.78, 5) is 13.1. The second kappa shape index (κ2) is 6.93. The number of nitrogen functional groups attached to an aromatic ring is 1. The zero-order valence-corrected chi connectivity index (χ0v) is 15.7. The third kappa shape index (κ3) is 3.00. The molecule has 0 saturated carbocycles. The number of hydrogen-bond acceptors (Lipinski definition) is 6. The Morgan fingerprint density at radius 1 is 1.12 bits per heavy atom. The zero-order valence-electron chi connectivity index (χ0n) is 14.0. The number of fused-ring (bicyclic) bond motifs is 1. The largest absolute Gasteiger partial charge is 0.374 e. The molecule has 26 heavy (non-hydrogen) atoms. The Kier molecular flexibility index (Phi) is 4.48. The van der Waals surface area contributed by atoms with E-state index in [1.165, 1.54) is 23.1 Å². The molecule has 2 N–H and O–H groups in total. The van der Waals surface area contributed by atoms with Gasteiger partial charge < -0.3 is 10.3 Å². The van der Waals surface area contributed by atoms with E-state index in [2.05, 4.69) is 14.8 Å². The molecule has 2 heterocycles. The first-order chi connectivity index (χ1) is 12.6. The highest BCUT2D eigenvalue weighted by Crippen LogP contribution is 2.34. The third-order valence-corrected chi connectivity index (χ3v) is 6.07. The molecule has 7 heteroatoms. The number of nitrogens with zero attached hydrogens (tertiary/aromatic N) is 3. The molecule has 0 atom stereocenters. The van der Waals surface area contributed by atoms with Crippen molar-refractivity contribution in [2.24, 2.45) is 7.05 Å². The van der Waals surface area contributed by atoms with Crippen LogP contribution in [-0.2, 0) is 7.05 Å². The number of aromatic nitrogens is 3. The highest BCUT2D eigenvalue weighted by atomic mass is 32.2. The molecular weight excluding hydrogens is 364 g/mol. The molecule has 0 aliphatic rings. The van der Waals surface area contributed by atoms with Crippen LogP contribution in [0.3, 0.4) is 0 Å². The van der Waals surface area contributed by atoms with Crippen molar-refractivity contribution in [1.82, 2.24) is 14.8 Å². The maximum absolute atomic E-state index is 13.1. The number of benzene rings is 2. The predicted molar refractivity (Wildman–Crippen MR) is 108 cm³/mol. The van der Waals surface area contributed by atoms with Gasteiger partial charge in [-0.1, -0.05) is 71.6 Å². The molecule has 0 bridgehead atoms. The summed E-state index contributed by atoms with van der Waals surface area (Å²) < 4.78 is 2.79. The van der Waals surface area contributed by atoms with Crippen LogP contribution in [0.2, 0.25) is 0 Å². The van der Waals surface area contributed by atoms with Gasteiger partial charge in [0, 0.05) is 18.0 Å². The monoisotopic (exact) mass is 380 g/mol.